The molecular weight excluding hydrogens is 284 g/mol. The fraction of sp³-hybridized carbons (Fsp3) is 0.625. The van der Waals surface area contributed by atoms with Gasteiger partial charge in [-0.05, 0) is 29.4 Å². The quantitative estimate of drug-likeness (QED) is 0.841. The normalized spacial score (nSPS) is 14.1. The van der Waals surface area contributed by atoms with E-state index in [9.17, 15) is 8.42 Å². The standard InChI is InChI=1S/C16H28N2O2S/c1-12(2)11-14-7-9-15(10-8-14)16(13(3)4)17-21(19,20)18(5)6/h7-10,12-13,16-17H,11H2,1-6H3/t16-/m0/s1. The zero-order valence-corrected chi connectivity index (χ0v) is 14.7. The zero-order valence-electron chi connectivity index (χ0n) is 13.9. The van der Waals surface area contributed by atoms with Gasteiger partial charge in [-0.15, -0.1) is 0 Å². The maximum Gasteiger partial charge on any atom is 0.279 e. The van der Waals surface area contributed by atoms with Crippen molar-refractivity contribution >= 4 is 10.2 Å². The summed E-state index contributed by atoms with van der Waals surface area (Å²) >= 11 is 0. The van der Waals surface area contributed by atoms with E-state index in [0.29, 0.717) is 5.92 Å². The molecule has 1 atom stereocenters. The summed E-state index contributed by atoms with van der Waals surface area (Å²) in [7, 11) is -0.370. The second-order valence-corrected chi connectivity index (χ2v) is 8.38. The lowest BCUT2D eigenvalue weighted by Crippen LogP contribution is -2.39. The Hall–Kier alpha value is -0.910. The monoisotopic (exact) mass is 312 g/mol. The van der Waals surface area contributed by atoms with Gasteiger partial charge < -0.3 is 0 Å². The molecule has 0 unspecified atom stereocenters. The summed E-state index contributed by atoms with van der Waals surface area (Å²) in [5.41, 5.74) is 2.29. The molecule has 1 aromatic rings. The van der Waals surface area contributed by atoms with Crippen molar-refractivity contribution in [3.05, 3.63) is 35.4 Å². The molecular formula is C16H28N2O2S. The molecule has 21 heavy (non-hydrogen) atoms. The second-order valence-electron chi connectivity index (χ2n) is 6.47. The molecule has 0 aliphatic rings. The van der Waals surface area contributed by atoms with Crippen molar-refractivity contribution in [3.63, 3.8) is 0 Å². The van der Waals surface area contributed by atoms with Crippen LogP contribution < -0.4 is 4.72 Å². The average Bonchev–Trinajstić information content (AvgIpc) is 2.36. The molecule has 0 aromatic heterocycles. The smallest absolute Gasteiger partial charge is 0.195 e. The van der Waals surface area contributed by atoms with Crippen LogP contribution in [0.2, 0.25) is 0 Å². The van der Waals surface area contributed by atoms with Crippen LogP contribution in [0.15, 0.2) is 24.3 Å². The van der Waals surface area contributed by atoms with Gasteiger partial charge in [-0.3, -0.25) is 0 Å². The largest absolute Gasteiger partial charge is 0.279 e. The van der Waals surface area contributed by atoms with Crippen LogP contribution >= 0.6 is 0 Å². The fourth-order valence-corrected chi connectivity index (χ4v) is 3.13. The van der Waals surface area contributed by atoms with Crippen molar-refractivity contribution in [2.45, 2.75) is 40.2 Å². The van der Waals surface area contributed by atoms with E-state index in [0.717, 1.165) is 12.0 Å². The Balaban J connectivity index is 2.97. The van der Waals surface area contributed by atoms with Crippen LogP contribution in [0.3, 0.4) is 0 Å². The lowest BCUT2D eigenvalue weighted by molar-refractivity contribution is 0.437. The highest BCUT2D eigenvalue weighted by atomic mass is 32.2. The lowest BCUT2D eigenvalue weighted by Gasteiger charge is -2.25. The highest BCUT2D eigenvalue weighted by Gasteiger charge is 2.23. The highest BCUT2D eigenvalue weighted by Crippen LogP contribution is 2.24. The Kier molecular flexibility index (Phi) is 6.38. The van der Waals surface area contributed by atoms with Gasteiger partial charge in [0.05, 0.1) is 6.04 Å². The van der Waals surface area contributed by atoms with Gasteiger partial charge in [0.2, 0.25) is 0 Å². The minimum atomic E-state index is -3.44. The molecule has 0 fully saturated rings. The van der Waals surface area contributed by atoms with Gasteiger partial charge in [0.15, 0.2) is 0 Å². The van der Waals surface area contributed by atoms with E-state index < -0.39 is 10.2 Å². The van der Waals surface area contributed by atoms with Gasteiger partial charge in [0, 0.05) is 14.1 Å². The first-order valence-corrected chi connectivity index (χ1v) is 8.86. The van der Waals surface area contributed by atoms with E-state index in [-0.39, 0.29) is 12.0 Å². The van der Waals surface area contributed by atoms with Crippen LogP contribution in [-0.4, -0.2) is 26.8 Å². The first-order valence-electron chi connectivity index (χ1n) is 7.42. The minimum Gasteiger partial charge on any atom is -0.195 e. The van der Waals surface area contributed by atoms with Crippen LogP contribution in [0.25, 0.3) is 0 Å². The predicted molar refractivity (Wildman–Crippen MR) is 88.3 cm³/mol. The maximum atomic E-state index is 12.0. The van der Waals surface area contributed by atoms with Gasteiger partial charge in [0.1, 0.15) is 0 Å². The number of nitrogens with one attached hydrogen (secondary N) is 1. The average molecular weight is 312 g/mol. The van der Waals surface area contributed by atoms with Crippen LogP contribution in [0.5, 0.6) is 0 Å². The van der Waals surface area contributed by atoms with Crippen molar-refractivity contribution < 1.29 is 8.42 Å². The fourth-order valence-electron chi connectivity index (χ4n) is 2.19. The molecule has 0 spiro atoms. The Morgan fingerprint density at radius 3 is 1.95 bits per heavy atom. The molecule has 0 saturated carbocycles. The molecule has 0 aliphatic carbocycles. The van der Waals surface area contributed by atoms with Crippen molar-refractivity contribution in [2.24, 2.45) is 11.8 Å². The molecule has 1 aromatic carbocycles. The van der Waals surface area contributed by atoms with Gasteiger partial charge in [-0.1, -0.05) is 52.0 Å². The van der Waals surface area contributed by atoms with E-state index in [1.807, 2.05) is 26.0 Å². The summed E-state index contributed by atoms with van der Waals surface area (Å²) < 4.78 is 28.1. The summed E-state index contributed by atoms with van der Waals surface area (Å²) in [6, 6.07) is 8.02. The molecule has 0 heterocycles. The molecule has 0 bridgehead atoms. The Labute approximate surface area is 129 Å². The first kappa shape index (κ1) is 18.1. The Morgan fingerprint density at radius 2 is 1.57 bits per heavy atom. The van der Waals surface area contributed by atoms with Crippen LogP contribution in [0.4, 0.5) is 0 Å². The SMILES string of the molecule is CC(C)Cc1ccc([C@@H](NS(=O)(=O)N(C)C)C(C)C)cc1. The van der Waals surface area contributed by atoms with Crippen molar-refractivity contribution in [1.82, 2.24) is 9.03 Å². The topological polar surface area (TPSA) is 49.4 Å². The molecule has 1 N–H and O–H groups in total. The van der Waals surface area contributed by atoms with Crippen molar-refractivity contribution in [1.29, 1.82) is 0 Å². The number of hydrogen-bond acceptors (Lipinski definition) is 2. The molecule has 0 aliphatic heterocycles. The zero-order chi connectivity index (χ0) is 16.2. The van der Waals surface area contributed by atoms with Gasteiger partial charge in [0.25, 0.3) is 10.2 Å². The summed E-state index contributed by atoms with van der Waals surface area (Å²) in [6.07, 6.45) is 1.04. The van der Waals surface area contributed by atoms with Crippen LogP contribution in [-0.2, 0) is 16.6 Å². The van der Waals surface area contributed by atoms with E-state index in [2.05, 4.69) is 30.7 Å². The van der Waals surface area contributed by atoms with E-state index >= 15 is 0 Å². The summed E-state index contributed by atoms with van der Waals surface area (Å²) in [5.74, 6) is 0.791. The van der Waals surface area contributed by atoms with Crippen LogP contribution in [0.1, 0.15) is 44.9 Å². The number of rotatable bonds is 7. The summed E-state index contributed by atoms with van der Waals surface area (Å²) in [5, 5.41) is 0. The Morgan fingerprint density at radius 1 is 1.05 bits per heavy atom. The van der Waals surface area contributed by atoms with Gasteiger partial charge >= 0.3 is 0 Å². The van der Waals surface area contributed by atoms with E-state index in [4.69, 9.17) is 0 Å². The molecule has 4 nitrogen and oxygen atoms in total. The predicted octanol–water partition coefficient (Wildman–Crippen LogP) is 2.98. The number of hydrogen-bond donors (Lipinski definition) is 1. The minimum absolute atomic E-state index is 0.177. The molecule has 0 saturated heterocycles. The third kappa shape index (κ3) is 5.41. The Bertz CT molecular complexity index is 534. The lowest BCUT2D eigenvalue weighted by atomic mass is 9.94. The first-order chi connectivity index (χ1) is 9.63. The highest BCUT2D eigenvalue weighted by molar-refractivity contribution is 7.87. The summed E-state index contributed by atoms with van der Waals surface area (Å²) in [4.78, 5) is 0. The third-order valence-corrected chi connectivity index (χ3v) is 4.92. The maximum absolute atomic E-state index is 12.0. The van der Waals surface area contributed by atoms with Crippen molar-refractivity contribution in [3.8, 4) is 0 Å². The van der Waals surface area contributed by atoms with Crippen LogP contribution in [0, 0.1) is 11.8 Å². The van der Waals surface area contributed by atoms with Gasteiger partial charge in [-0.2, -0.15) is 17.4 Å². The van der Waals surface area contributed by atoms with E-state index in [1.54, 1.807) is 0 Å². The molecule has 5 heteroatoms. The van der Waals surface area contributed by atoms with E-state index in [1.165, 1.54) is 24.0 Å². The summed E-state index contributed by atoms with van der Waals surface area (Å²) in [6.45, 7) is 8.42. The third-order valence-electron chi connectivity index (χ3n) is 3.41. The molecule has 120 valence electrons. The molecule has 0 amide bonds. The van der Waals surface area contributed by atoms with Gasteiger partial charge in [-0.25, -0.2) is 0 Å². The molecule has 1 rings (SSSR count). The molecule has 0 radical (unpaired) electrons. The second kappa shape index (κ2) is 7.38. The number of nitrogens with zero attached hydrogens (tertiary/aromatic N) is 1. The number of benzene rings is 1. The van der Waals surface area contributed by atoms with Crippen molar-refractivity contribution in [2.75, 3.05) is 14.1 Å².